The summed E-state index contributed by atoms with van der Waals surface area (Å²) in [6.45, 7) is 0.853. The van der Waals surface area contributed by atoms with Crippen LogP contribution in [0.3, 0.4) is 0 Å². The molecule has 0 bridgehead atoms. The van der Waals surface area contributed by atoms with E-state index in [0.29, 0.717) is 19.5 Å². The minimum Gasteiger partial charge on any atom is -0.469 e. The summed E-state index contributed by atoms with van der Waals surface area (Å²) in [5.41, 5.74) is 6.64. The molecule has 1 amide bonds. The van der Waals surface area contributed by atoms with E-state index in [1.54, 1.807) is 6.26 Å². The van der Waals surface area contributed by atoms with Gasteiger partial charge < -0.3 is 15.5 Å². The minimum atomic E-state index is -0.294. The van der Waals surface area contributed by atoms with Crippen molar-refractivity contribution < 1.29 is 9.21 Å². The summed E-state index contributed by atoms with van der Waals surface area (Å²) in [4.78, 5) is 12.1. The molecule has 0 aliphatic carbocycles. The van der Waals surface area contributed by atoms with Crippen LogP contribution in [-0.4, -0.2) is 19.0 Å². The molecule has 0 saturated heterocycles. The first-order chi connectivity index (χ1) is 9.31. The first-order valence-corrected chi connectivity index (χ1v) is 6.36. The van der Waals surface area contributed by atoms with Gasteiger partial charge in [-0.05, 0) is 17.7 Å². The van der Waals surface area contributed by atoms with Crippen molar-refractivity contribution in [2.24, 2.45) is 5.73 Å². The first-order valence-electron chi connectivity index (χ1n) is 6.36. The number of amides is 1. The second-order valence-corrected chi connectivity index (χ2v) is 4.32. The third kappa shape index (κ3) is 3.69. The fourth-order valence-corrected chi connectivity index (χ4v) is 1.97. The van der Waals surface area contributed by atoms with Crippen LogP contribution in [-0.2, 0) is 11.2 Å². The molecule has 4 heteroatoms. The molecule has 1 unspecified atom stereocenters. The lowest BCUT2D eigenvalue weighted by molar-refractivity contribution is -0.122. The van der Waals surface area contributed by atoms with Gasteiger partial charge in [0.25, 0.3) is 0 Å². The Kier molecular flexibility index (Phi) is 4.75. The highest BCUT2D eigenvalue weighted by Crippen LogP contribution is 2.14. The minimum absolute atomic E-state index is 0.0414. The van der Waals surface area contributed by atoms with Crippen LogP contribution in [0.5, 0.6) is 0 Å². The van der Waals surface area contributed by atoms with E-state index in [2.05, 4.69) is 5.32 Å². The van der Waals surface area contributed by atoms with Crippen LogP contribution in [0.4, 0.5) is 0 Å². The van der Waals surface area contributed by atoms with Crippen molar-refractivity contribution in [1.82, 2.24) is 5.32 Å². The van der Waals surface area contributed by atoms with Crippen LogP contribution in [0.25, 0.3) is 0 Å². The zero-order chi connectivity index (χ0) is 13.5. The molecule has 0 aliphatic rings. The Balaban J connectivity index is 1.87. The van der Waals surface area contributed by atoms with E-state index in [1.807, 2.05) is 42.5 Å². The summed E-state index contributed by atoms with van der Waals surface area (Å²) in [5.74, 6) is 0.530. The van der Waals surface area contributed by atoms with Crippen LogP contribution < -0.4 is 11.1 Å². The number of nitrogens with one attached hydrogen (secondary N) is 1. The van der Waals surface area contributed by atoms with Gasteiger partial charge in [-0.25, -0.2) is 0 Å². The molecule has 1 atom stereocenters. The summed E-state index contributed by atoms with van der Waals surface area (Å²) in [6, 6.07) is 13.3. The van der Waals surface area contributed by atoms with Gasteiger partial charge in [-0.2, -0.15) is 0 Å². The molecule has 2 aromatic rings. The topological polar surface area (TPSA) is 68.3 Å². The molecule has 0 spiro atoms. The van der Waals surface area contributed by atoms with Crippen molar-refractivity contribution in [1.29, 1.82) is 0 Å². The number of rotatable bonds is 6. The molecule has 0 aliphatic heterocycles. The van der Waals surface area contributed by atoms with E-state index in [4.69, 9.17) is 10.2 Å². The highest BCUT2D eigenvalue weighted by atomic mass is 16.3. The van der Waals surface area contributed by atoms with Gasteiger partial charge in [-0.1, -0.05) is 30.3 Å². The Labute approximate surface area is 112 Å². The van der Waals surface area contributed by atoms with Crippen LogP contribution in [0.2, 0.25) is 0 Å². The Morgan fingerprint density at radius 3 is 2.63 bits per heavy atom. The number of nitrogens with two attached hydrogens (primary N) is 1. The van der Waals surface area contributed by atoms with Crippen LogP contribution in [0.15, 0.2) is 53.1 Å². The molecule has 3 N–H and O–H groups in total. The Morgan fingerprint density at radius 2 is 2.00 bits per heavy atom. The molecule has 0 radical (unpaired) electrons. The molecule has 2 rings (SSSR count). The zero-order valence-corrected chi connectivity index (χ0v) is 10.7. The summed E-state index contributed by atoms with van der Waals surface area (Å²) < 4.78 is 5.21. The number of hydrogen-bond donors (Lipinski definition) is 2. The lowest BCUT2D eigenvalue weighted by atomic mass is 9.98. The maximum Gasteiger partial charge on any atom is 0.228 e. The van der Waals surface area contributed by atoms with E-state index < -0.39 is 0 Å². The van der Waals surface area contributed by atoms with E-state index in [0.717, 1.165) is 11.3 Å². The molecule has 0 saturated carbocycles. The van der Waals surface area contributed by atoms with Crippen molar-refractivity contribution in [2.45, 2.75) is 12.3 Å². The van der Waals surface area contributed by atoms with Crippen LogP contribution >= 0.6 is 0 Å². The molecule has 1 aromatic carbocycles. The standard InChI is InChI=1S/C15H18N2O2/c16-11-14(12-5-2-1-3-6-12)15(18)17-9-8-13-7-4-10-19-13/h1-7,10,14H,8-9,11,16H2,(H,17,18). The lowest BCUT2D eigenvalue weighted by Gasteiger charge is -2.14. The highest BCUT2D eigenvalue weighted by molar-refractivity contribution is 5.83. The zero-order valence-electron chi connectivity index (χ0n) is 10.7. The van der Waals surface area contributed by atoms with E-state index in [9.17, 15) is 4.79 Å². The largest absolute Gasteiger partial charge is 0.469 e. The number of furan rings is 1. The summed E-state index contributed by atoms with van der Waals surface area (Å²) >= 11 is 0. The van der Waals surface area contributed by atoms with Gasteiger partial charge in [0.05, 0.1) is 12.2 Å². The van der Waals surface area contributed by atoms with Crippen molar-refractivity contribution in [3.63, 3.8) is 0 Å². The predicted octanol–water partition coefficient (Wildman–Crippen LogP) is 1.68. The van der Waals surface area contributed by atoms with Gasteiger partial charge in [-0.3, -0.25) is 4.79 Å². The number of carbonyl (C=O) groups excluding carboxylic acids is 1. The fourth-order valence-electron chi connectivity index (χ4n) is 1.97. The maximum absolute atomic E-state index is 12.1. The fraction of sp³-hybridized carbons (Fsp3) is 0.267. The Hall–Kier alpha value is -2.07. The van der Waals surface area contributed by atoms with E-state index >= 15 is 0 Å². The summed E-state index contributed by atoms with van der Waals surface area (Å²) in [7, 11) is 0. The van der Waals surface area contributed by atoms with E-state index in [-0.39, 0.29) is 11.8 Å². The van der Waals surface area contributed by atoms with Crippen molar-refractivity contribution in [3.05, 3.63) is 60.1 Å². The van der Waals surface area contributed by atoms with Crippen LogP contribution in [0, 0.1) is 0 Å². The molecular weight excluding hydrogens is 240 g/mol. The molecule has 100 valence electrons. The molecule has 19 heavy (non-hydrogen) atoms. The Bertz CT molecular complexity index is 494. The van der Waals surface area contributed by atoms with Gasteiger partial charge >= 0.3 is 0 Å². The van der Waals surface area contributed by atoms with E-state index in [1.165, 1.54) is 0 Å². The lowest BCUT2D eigenvalue weighted by Crippen LogP contribution is -2.34. The van der Waals surface area contributed by atoms with Crippen molar-refractivity contribution in [2.75, 3.05) is 13.1 Å². The maximum atomic E-state index is 12.1. The predicted molar refractivity (Wildman–Crippen MR) is 73.7 cm³/mol. The molecule has 4 nitrogen and oxygen atoms in total. The molecule has 1 heterocycles. The number of carbonyl (C=O) groups is 1. The third-order valence-corrected chi connectivity index (χ3v) is 3.00. The SMILES string of the molecule is NCC(C(=O)NCCc1ccco1)c1ccccc1. The first kappa shape index (κ1) is 13.4. The summed E-state index contributed by atoms with van der Waals surface area (Å²) in [6.07, 6.45) is 2.31. The number of hydrogen-bond acceptors (Lipinski definition) is 3. The smallest absolute Gasteiger partial charge is 0.228 e. The molecule has 0 fully saturated rings. The van der Waals surface area contributed by atoms with Gasteiger partial charge in [0, 0.05) is 19.5 Å². The van der Waals surface area contributed by atoms with Gasteiger partial charge in [-0.15, -0.1) is 0 Å². The monoisotopic (exact) mass is 258 g/mol. The third-order valence-electron chi connectivity index (χ3n) is 3.00. The average Bonchev–Trinajstić information content (AvgIpc) is 2.94. The van der Waals surface area contributed by atoms with Crippen LogP contribution in [0.1, 0.15) is 17.2 Å². The second kappa shape index (κ2) is 6.75. The van der Waals surface area contributed by atoms with Crippen molar-refractivity contribution in [3.8, 4) is 0 Å². The molecular formula is C15H18N2O2. The molecule has 1 aromatic heterocycles. The second-order valence-electron chi connectivity index (χ2n) is 4.32. The number of benzene rings is 1. The van der Waals surface area contributed by atoms with Crippen molar-refractivity contribution >= 4 is 5.91 Å². The summed E-state index contributed by atoms with van der Waals surface area (Å²) in [5, 5.41) is 2.89. The normalized spacial score (nSPS) is 12.1. The van der Waals surface area contributed by atoms with Gasteiger partial charge in [0.2, 0.25) is 5.91 Å². The van der Waals surface area contributed by atoms with Gasteiger partial charge in [0.1, 0.15) is 5.76 Å². The Morgan fingerprint density at radius 1 is 1.21 bits per heavy atom. The quantitative estimate of drug-likeness (QED) is 0.828. The van der Waals surface area contributed by atoms with Gasteiger partial charge in [0.15, 0.2) is 0 Å². The average molecular weight is 258 g/mol. The highest BCUT2D eigenvalue weighted by Gasteiger charge is 2.18.